The lowest BCUT2D eigenvalue weighted by Crippen LogP contribution is -2.49. The highest BCUT2D eigenvalue weighted by Gasteiger charge is 2.28. The van der Waals surface area contributed by atoms with E-state index in [4.69, 9.17) is 11.6 Å². The van der Waals surface area contributed by atoms with Gasteiger partial charge in [0.25, 0.3) is 0 Å². The average Bonchev–Trinajstić information content (AvgIpc) is 2.63. The van der Waals surface area contributed by atoms with Gasteiger partial charge in [0.1, 0.15) is 6.04 Å². The summed E-state index contributed by atoms with van der Waals surface area (Å²) >= 11 is 6.05. The number of halogens is 1. The molecule has 0 bridgehead atoms. The maximum atomic E-state index is 13.2. The van der Waals surface area contributed by atoms with Crippen molar-refractivity contribution in [2.75, 3.05) is 6.54 Å². The van der Waals surface area contributed by atoms with Crippen LogP contribution in [-0.4, -0.2) is 29.3 Å². The maximum Gasteiger partial charge on any atom is 0.242 e. The minimum atomic E-state index is -0.503. The number of amides is 2. The number of nitrogens with zero attached hydrogens (tertiary/aromatic N) is 1. The smallest absolute Gasteiger partial charge is 0.242 e. The quantitative estimate of drug-likeness (QED) is 0.741. The van der Waals surface area contributed by atoms with Crippen molar-refractivity contribution in [1.29, 1.82) is 0 Å². The Morgan fingerprint density at radius 3 is 2.48 bits per heavy atom. The first-order valence-corrected chi connectivity index (χ1v) is 9.70. The van der Waals surface area contributed by atoms with Gasteiger partial charge in [0.15, 0.2) is 0 Å². The number of aryl methyl sites for hydroxylation is 1. The summed E-state index contributed by atoms with van der Waals surface area (Å²) in [6.45, 7) is 6.77. The number of rotatable bonds is 8. The average molecular weight is 387 g/mol. The van der Waals surface area contributed by atoms with E-state index >= 15 is 0 Å². The van der Waals surface area contributed by atoms with Gasteiger partial charge in [0.2, 0.25) is 11.8 Å². The van der Waals surface area contributed by atoms with Crippen LogP contribution in [-0.2, 0) is 22.6 Å². The highest BCUT2D eigenvalue weighted by atomic mass is 35.5. The van der Waals surface area contributed by atoms with Gasteiger partial charge in [-0.05, 0) is 49.1 Å². The van der Waals surface area contributed by atoms with Crippen LogP contribution < -0.4 is 5.32 Å². The van der Waals surface area contributed by atoms with Crippen molar-refractivity contribution in [3.63, 3.8) is 0 Å². The fourth-order valence-corrected chi connectivity index (χ4v) is 3.32. The van der Waals surface area contributed by atoms with Crippen LogP contribution in [0.25, 0.3) is 0 Å². The van der Waals surface area contributed by atoms with Crippen molar-refractivity contribution in [3.05, 3.63) is 70.2 Å². The van der Waals surface area contributed by atoms with E-state index in [1.54, 1.807) is 17.0 Å². The standard InChI is InChI=1S/C22H27ClN2O2/c1-4-20(22(27)24-5-2)25(15-18-11-7-6-9-16(18)3)21(26)14-17-10-8-12-19(23)13-17/h6-13,20H,4-5,14-15H2,1-3H3,(H,24,27)/t20-/m0/s1. The van der Waals surface area contributed by atoms with E-state index in [9.17, 15) is 9.59 Å². The zero-order chi connectivity index (χ0) is 19.8. The summed E-state index contributed by atoms with van der Waals surface area (Å²) in [5, 5.41) is 3.45. The van der Waals surface area contributed by atoms with Crippen LogP contribution in [0, 0.1) is 6.92 Å². The molecular formula is C22H27ClN2O2. The zero-order valence-corrected chi connectivity index (χ0v) is 16.9. The van der Waals surface area contributed by atoms with E-state index < -0.39 is 6.04 Å². The molecule has 0 unspecified atom stereocenters. The van der Waals surface area contributed by atoms with Crippen molar-refractivity contribution in [2.45, 2.75) is 46.2 Å². The Morgan fingerprint density at radius 2 is 1.85 bits per heavy atom. The van der Waals surface area contributed by atoms with Crippen molar-refractivity contribution in [3.8, 4) is 0 Å². The molecule has 0 aliphatic heterocycles. The molecule has 0 saturated heterocycles. The maximum absolute atomic E-state index is 13.2. The monoisotopic (exact) mass is 386 g/mol. The van der Waals surface area contributed by atoms with Crippen LogP contribution in [0.3, 0.4) is 0 Å². The lowest BCUT2D eigenvalue weighted by molar-refractivity contribution is -0.140. The molecule has 2 amide bonds. The molecule has 0 aliphatic carbocycles. The van der Waals surface area contributed by atoms with Gasteiger partial charge in [-0.3, -0.25) is 9.59 Å². The largest absolute Gasteiger partial charge is 0.355 e. The lowest BCUT2D eigenvalue weighted by atomic mass is 10.0. The molecule has 1 atom stereocenters. The molecule has 0 spiro atoms. The number of hydrogen-bond donors (Lipinski definition) is 1. The molecule has 2 rings (SSSR count). The van der Waals surface area contributed by atoms with E-state index in [1.807, 2.05) is 57.2 Å². The molecule has 0 aromatic heterocycles. The van der Waals surface area contributed by atoms with Crippen molar-refractivity contribution < 1.29 is 9.59 Å². The minimum absolute atomic E-state index is 0.0846. The summed E-state index contributed by atoms with van der Waals surface area (Å²) in [5.41, 5.74) is 2.98. The van der Waals surface area contributed by atoms with E-state index in [0.29, 0.717) is 24.5 Å². The second-order valence-electron chi connectivity index (χ2n) is 6.57. The fraction of sp³-hybridized carbons (Fsp3) is 0.364. The Balaban J connectivity index is 2.31. The second-order valence-corrected chi connectivity index (χ2v) is 7.01. The Bertz CT molecular complexity index is 791. The normalized spacial score (nSPS) is 11.7. The molecule has 0 fully saturated rings. The molecule has 0 radical (unpaired) electrons. The molecule has 0 heterocycles. The molecule has 0 aliphatic rings. The van der Waals surface area contributed by atoms with Crippen LogP contribution in [0.2, 0.25) is 5.02 Å². The minimum Gasteiger partial charge on any atom is -0.355 e. The Kier molecular flexibility index (Phi) is 7.86. The molecule has 4 nitrogen and oxygen atoms in total. The van der Waals surface area contributed by atoms with Crippen LogP contribution in [0.5, 0.6) is 0 Å². The van der Waals surface area contributed by atoms with E-state index in [0.717, 1.165) is 16.7 Å². The van der Waals surface area contributed by atoms with Crippen LogP contribution in [0.1, 0.15) is 37.0 Å². The molecule has 2 aromatic rings. The first kappa shape index (κ1) is 21.0. The summed E-state index contributed by atoms with van der Waals surface area (Å²) in [5.74, 6) is -0.202. The number of carbonyl (C=O) groups excluding carboxylic acids is 2. The molecular weight excluding hydrogens is 360 g/mol. The fourth-order valence-electron chi connectivity index (χ4n) is 3.11. The highest BCUT2D eigenvalue weighted by molar-refractivity contribution is 6.30. The van der Waals surface area contributed by atoms with E-state index in [1.165, 1.54) is 0 Å². The Hall–Kier alpha value is -2.33. The third kappa shape index (κ3) is 5.83. The topological polar surface area (TPSA) is 49.4 Å². The molecule has 144 valence electrons. The molecule has 5 heteroatoms. The number of benzene rings is 2. The van der Waals surface area contributed by atoms with Gasteiger partial charge >= 0.3 is 0 Å². The molecule has 0 saturated carbocycles. The molecule has 2 aromatic carbocycles. The molecule has 1 N–H and O–H groups in total. The Morgan fingerprint density at radius 1 is 1.11 bits per heavy atom. The van der Waals surface area contributed by atoms with Gasteiger partial charge in [-0.2, -0.15) is 0 Å². The van der Waals surface area contributed by atoms with Crippen LogP contribution in [0.4, 0.5) is 0 Å². The van der Waals surface area contributed by atoms with E-state index in [-0.39, 0.29) is 18.2 Å². The zero-order valence-electron chi connectivity index (χ0n) is 16.2. The lowest BCUT2D eigenvalue weighted by Gasteiger charge is -2.31. The van der Waals surface area contributed by atoms with Crippen molar-refractivity contribution in [2.24, 2.45) is 0 Å². The summed E-state index contributed by atoms with van der Waals surface area (Å²) in [7, 11) is 0. The first-order valence-electron chi connectivity index (χ1n) is 9.32. The van der Waals surface area contributed by atoms with E-state index in [2.05, 4.69) is 5.32 Å². The van der Waals surface area contributed by atoms with Crippen molar-refractivity contribution >= 4 is 23.4 Å². The summed E-state index contributed by atoms with van der Waals surface area (Å²) in [4.78, 5) is 27.4. The SMILES string of the molecule is CCNC(=O)[C@H](CC)N(Cc1ccccc1C)C(=O)Cc1cccc(Cl)c1. The third-order valence-electron chi connectivity index (χ3n) is 4.58. The van der Waals surface area contributed by atoms with Crippen molar-refractivity contribution in [1.82, 2.24) is 10.2 Å². The predicted octanol–water partition coefficient (Wildman–Crippen LogP) is 4.13. The highest BCUT2D eigenvalue weighted by Crippen LogP contribution is 2.18. The molecule has 27 heavy (non-hydrogen) atoms. The second kappa shape index (κ2) is 10.1. The summed E-state index contributed by atoms with van der Waals surface area (Å²) in [6, 6.07) is 14.7. The summed E-state index contributed by atoms with van der Waals surface area (Å²) in [6.07, 6.45) is 0.765. The summed E-state index contributed by atoms with van der Waals surface area (Å²) < 4.78 is 0. The predicted molar refractivity (Wildman–Crippen MR) is 110 cm³/mol. The number of nitrogens with one attached hydrogen (secondary N) is 1. The number of likely N-dealkylation sites (N-methyl/N-ethyl adjacent to an activating group) is 1. The van der Waals surface area contributed by atoms with Gasteiger partial charge in [0, 0.05) is 18.1 Å². The number of carbonyl (C=O) groups is 2. The van der Waals surface area contributed by atoms with Crippen LogP contribution >= 0.6 is 11.6 Å². The van der Waals surface area contributed by atoms with Gasteiger partial charge in [0.05, 0.1) is 6.42 Å². The van der Waals surface area contributed by atoms with Gasteiger partial charge in [-0.25, -0.2) is 0 Å². The van der Waals surface area contributed by atoms with Crippen LogP contribution in [0.15, 0.2) is 48.5 Å². The first-order chi connectivity index (χ1) is 13.0. The van der Waals surface area contributed by atoms with Gasteiger partial charge in [-0.15, -0.1) is 0 Å². The van der Waals surface area contributed by atoms with Gasteiger partial charge < -0.3 is 10.2 Å². The third-order valence-corrected chi connectivity index (χ3v) is 4.82. The Labute approximate surface area is 166 Å². The van der Waals surface area contributed by atoms with Gasteiger partial charge in [-0.1, -0.05) is 54.9 Å². The number of hydrogen-bond acceptors (Lipinski definition) is 2.